The maximum atomic E-state index is 11.8. The molecular formula is C22H27ClO3. The van der Waals surface area contributed by atoms with E-state index in [4.69, 9.17) is 21.1 Å². The molecular weight excluding hydrogens is 348 g/mol. The molecule has 3 nitrogen and oxygen atoms in total. The number of hydrogen-bond donors (Lipinski definition) is 0. The van der Waals surface area contributed by atoms with Crippen molar-refractivity contribution < 1.29 is 14.3 Å². The molecule has 26 heavy (non-hydrogen) atoms. The normalized spacial score (nSPS) is 10.6. The van der Waals surface area contributed by atoms with E-state index < -0.39 is 0 Å². The van der Waals surface area contributed by atoms with Gasteiger partial charge < -0.3 is 9.47 Å². The fraction of sp³-hybridized carbons (Fsp3) is 0.409. The predicted octanol–water partition coefficient (Wildman–Crippen LogP) is 6.14. The number of hydrogen-bond acceptors (Lipinski definition) is 3. The van der Waals surface area contributed by atoms with E-state index in [9.17, 15) is 4.79 Å². The third-order valence-electron chi connectivity index (χ3n) is 4.32. The topological polar surface area (TPSA) is 35.5 Å². The van der Waals surface area contributed by atoms with Crippen LogP contribution in [-0.2, 0) is 24.2 Å². The van der Waals surface area contributed by atoms with E-state index in [1.807, 2.05) is 30.3 Å². The Morgan fingerprint density at radius 3 is 2.54 bits per heavy atom. The molecule has 0 N–H and O–H groups in total. The van der Waals surface area contributed by atoms with Crippen LogP contribution in [0.25, 0.3) is 0 Å². The van der Waals surface area contributed by atoms with Gasteiger partial charge in [-0.2, -0.15) is 0 Å². The van der Waals surface area contributed by atoms with Crippen LogP contribution in [0.2, 0.25) is 5.02 Å². The van der Waals surface area contributed by atoms with Crippen LogP contribution in [0.5, 0.6) is 11.5 Å². The zero-order chi connectivity index (χ0) is 18.9. The molecule has 2 rings (SSSR count). The Bertz CT molecular complexity index is 740. The summed E-state index contributed by atoms with van der Waals surface area (Å²) in [4.78, 5) is 11.8. The summed E-state index contributed by atoms with van der Waals surface area (Å²) < 4.78 is 11.5. The summed E-state index contributed by atoms with van der Waals surface area (Å²) >= 11 is 6.33. The monoisotopic (exact) mass is 374 g/mol. The average molecular weight is 375 g/mol. The van der Waals surface area contributed by atoms with E-state index in [1.54, 1.807) is 6.92 Å². The van der Waals surface area contributed by atoms with Crippen molar-refractivity contribution in [2.75, 3.05) is 0 Å². The first-order chi connectivity index (χ1) is 12.6. The number of carbonyl (C=O) groups is 1. The summed E-state index contributed by atoms with van der Waals surface area (Å²) in [5, 5.41) is 0.600. The van der Waals surface area contributed by atoms with Crippen LogP contribution in [0.15, 0.2) is 36.4 Å². The van der Waals surface area contributed by atoms with Crippen molar-refractivity contribution in [1.82, 2.24) is 0 Å². The number of esters is 1. The number of rotatable bonds is 9. The van der Waals surface area contributed by atoms with Crippen LogP contribution in [0.1, 0.15) is 56.7 Å². The lowest BCUT2D eigenvalue weighted by molar-refractivity contribution is -0.134. The lowest BCUT2D eigenvalue weighted by Crippen LogP contribution is -2.10. The number of halogens is 1. The molecule has 0 aliphatic carbocycles. The van der Waals surface area contributed by atoms with Gasteiger partial charge in [0, 0.05) is 12.0 Å². The van der Waals surface area contributed by atoms with Crippen LogP contribution in [0, 0.1) is 0 Å². The smallest absolute Gasteiger partial charge is 0.310 e. The summed E-state index contributed by atoms with van der Waals surface area (Å²) in [6, 6.07) is 11.7. The van der Waals surface area contributed by atoms with E-state index in [1.165, 1.54) is 5.56 Å². The molecule has 2 aromatic carbocycles. The highest BCUT2D eigenvalue weighted by Crippen LogP contribution is 2.30. The third kappa shape index (κ3) is 5.50. The SMILES string of the molecule is CCCCc1cccc(OC(=O)CC)c1COc1ccc(CC)cc1Cl. The molecule has 0 heterocycles. The van der Waals surface area contributed by atoms with E-state index >= 15 is 0 Å². The summed E-state index contributed by atoms with van der Waals surface area (Å²) in [5.74, 6) is 0.970. The second-order valence-corrected chi connectivity index (χ2v) is 6.64. The van der Waals surface area contributed by atoms with Crippen molar-refractivity contribution in [3.63, 3.8) is 0 Å². The number of aryl methyl sites for hydroxylation is 2. The standard InChI is InChI=1S/C22H27ClO3/c1-4-7-9-17-10-8-11-20(26-22(24)6-3)18(17)15-25-21-13-12-16(5-2)14-19(21)23/h8,10-14H,4-7,9,15H2,1-3H3. The van der Waals surface area contributed by atoms with Gasteiger partial charge in [-0.3, -0.25) is 4.79 Å². The number of ether oxygens (including phenoxy) is 2. The minimum absolute atomic E-state index is 0.246. The molecule has 0 unspecified atom stereocenters. The quantitative estimate of drug-likeness (QED) is 0.390. The van der Waals surface area contributed by atoms with Gasteiger partial charge in [0.1, 0.15) is 18.1 Å². The Morgan fingerprint density at radius 2 is 1.88 bits per heavy atom. The molecule has 0 radical (unpaired) electrons. The van der Waals surface area contributed by atoms with Crippen LogP contribution in [-0.4, -0.2) is 5.97 Å². The van der Waals surface area contributed by atoms with Crippen LogP contribution < -0.4 is 9.47 Å². The van der Waals surface area contributed by atoms with Gasteiger partial charge in [0.2, 0.25) is 0 Å². The number of benzene rings is 2. The van der Waals surface area contributed by atoms with E-state index in [-0.39, 0.29) is 5.97 Å². The van der Waals surface area contributed by atoms with Crippen molar-refractivity contribution in [2.24, 2.45) is 0 Å². The van der Waals surface area contributed by atoms with Gasteiger partial charge in [-0.15, -0.1) is 0 Å². The molecule has 0 aromatic heterocycles. The number of carbonyl (C=O) groups excluding carboxylic acids is 1. The largest absolute Gasteiger partial charge is 0.487 e. The van der Waals surface area contributed by atoms with E-state index in [0.29, 0.717) is 29.5 Å². The second kappa shape index (κ2) is 10.2. The predicted molar refractivity (Wildman–Crippen MR) is 106 cm³/mol. The third-order valence-corrected chi connectivity index (χ3v) is 4.61. The first kappa shape index (κ1) is 20.3. The van der Waals surface area contributed by atoms with Gasteiger partial charge >= 0.3 is 5.97 Å². The molecule has 0 aliphatic heterocycles. The minimum Gasteiger partial charge on any atom is -0.487 e. The first-order valence-electron chi connectivity index (χ1n) is 9.31. The molecule has 0 fully saturated rings. The van der Waals surface area contributed by atoms with Gasteiger partial charge in [0.15, 0.2) is 0 Å². The highest BCUT2D eigenvalue weighted by atomic mass is 35.5. The Kier molecular flexibility index (Phi) is 7.99. The van der Waals surface area contributed by atoms with E-state index in [2.05, 4.69) is 19.9 Å². The Labute approximate surface area is 161 Å². The maximum absolute atomic E-state index is 11.8. The summed E-state index contributed by atoms with van der Waals surface area (Å²) in [6.07, 6.45) is 4.36. The Hall–Kier alpha value is -2.00. The van der Waals surface area contributed by atoms with Crippen molar-refractivity contribution in [3.8, 4) is 11.5 Å². The minimum atomic E-state index is -0.246. The van der Waals surface area contributed by atoms with Gasteiger partial charge in [0.05, 0.1) is 5.02 Å². The molecule has 140 valence electrons. The second-order valence-electron chi connectivity index (χ2n) is 6.23. The van der Waals surface area contributed by atoms with Crippen molar-refractivity contribution in [3.05, 3.63) is 58.1 Å². The van der Waals surface area contributed by atoms with E-state index in [0.717, 1.165) is 36.8 Å². The summed E-state index contributed by atoms with van der Waals surface area (Å²) in [7, 11) is 0. The lowest BCUT2D eigenvalue weighted by Gasteiger charge is -2.16. The van der Waals surface area contributed by atoms with Gasteiger partial charge in [-0.05, 0) is 48.6 Å². The summed E-state index contributed by atoms with van der Waals surface area (Å²) in [6.45, 7) is 6.35. The molecule has 0 bridgehead atoms. The van der Waals surface area contributed by atoms with Crippen LogP contribution in [0.4, 0.5) is 0 Å². The molecule has 2 aromatic rings. The first-order valence-corrected chi connectivity index (χ1v) is 9.69. The lowest BCUT2D eigenvalue weighted by atomic mass is 10.0. The molecule has 0 spiro atoms. The fourth-order valence-electron chi connectivity index (χ4n) is 2.70. The van der Waals surface area contributed by atoms with Crippen molar-refractivity contribution >= 4 is 17.6 Å². The number of unbranched alkanes of at least 4 members (excludes halogenated alkanes) is 1. The van der Waals surface area contributed by atoms with Gasteiger partial charge in [-0.25, -0.2) is 0 Å². The van der Waals surface area contributed by atoms with Crippen molar-refractivity contribution in [1.29, 1.82) is 0 Å². The zero-order valence-corrected chi connectivity index (χ0v) is 16.6. The van der Waals surface area contributed by atoms with Crippen molar-refractivity contribution in [2.45, 2.75) is 59.5 Å². The van der Waals surface area contributed by atoms with Gasteiger partial charge in [0.25, 0.3) is 0 Å². The molecule has 4 heteroatoms. The molecule has 0 amide bonds. The van der Waals surface area contributed by atoms with Gasteiger partial charge in [-0.1, -0.05) is 57.0 Å². The molecule has 0 saturated heterocycles. The average Bonchev–Trinajstić information content (AvgIpc) is 2.66. The Morgan fingerprint density at radius 1 is 1.08 bits per heavy atom. The maximum Gasteiger partial charge on any atom is 0.310 e. The zero-order valence-electron chi connectivity index (χ0n) is 15.8. The highest BCUT2D eigenvalue weighted by molar-refractivity contribution is 6.32. The van der Waals surface area contributed by atoms with Crippen LogP contribution >= 0.6 is 11.6 Å². The Balaban J connectivity index is 2.25. The molecule has 0 saturated carbocycles. The highest BCUT2D eigenvalue weighted by Gasteiger charge is 2.14. The fourth-order valence-corrected chi connectivity index (χ4v) is 2.96. The van der Waals surface area contributed by atoms with Crippen LogP contribution in [0.3, 0.4) is 0 Å². The molecule has 0 atom stereocenters. The summed E-state index contributed by atoms with van der Waals surface area (Å²) in [5.41, 5.74) is 3.23. The molecule has 0 aliphatic rings.